The maximum atomic E-state index is 5.32. The van der Waals surface area contributed by atoms with Crippen LogP contribution in [0.15, 0.2) is 35.9 Å². The fourth-order valence-corrected chi connectivity index (χ4v) is 0.299. The first-order chi connectivity index (χ1) is 4.20. The molecule has 0 aliphatic carbocycles. The molecule has 0 saturated heterocycles. The quantitative estimate of drug-likeness (QED) is 0.403. The standard InChI is InChI=1S/C6H7B2N/c1-2-5(7)3-6(8)4-9/h2-4H,1,9H2/b5-3+,6-4+. The van der Waals surface area contributed by atoms with Gasteiger partial charge < -0.3 is 5.73 Å². The van der Waals surface area contributed by atoms with Crippen LogP contribution in [0.4, 0.5) is 0 Å². The second kappa shape index (κ2) is 4.07. The van der Waals surface area contributed by atoms with Crippen LogP contribution in [0.3, 0.4) is 0 Å². The molecular formula is C6H7B2N. The van der Waals surface area contributed by atoms with Gasteiger partial charge in [-0.05, 0) is 6.20 Å². The lowest BCUT2D eigenvalue weighted by atomic mass is 9.87. The van der Waals surface area contributed by atoms with E-state index in [4.69, 9.17) is 21.4 Å². The highest BCUT2D eigenvalue weighted by molar-refractivity contribution is 6.27. The van der Waals surface area contributed by atoms with Crippen molar-refractivity contribution < 1.29 is 0 Å². The van der Waals surface area contributed by atoms with Crippen molar-refractivity contribution in [1.82, 2.24) is 0 Å². The van der Waals surface area contributed by atoms with Gasteiger partial charge in [0.25, 0.3) is 0 Å². The summed E-state index contributed by atoms with van der Waals surface area (Å²) in [5, 5.41) is 0. The van der Waals surface area contributed by atoms with Crippen molar-refractivity contribution in [2.75, 3.05) is 0 Å². The predicted octanol–water partition coefficient (Wildman–Crippen LogP) is 0.193. The molecule has 42 valence electrons. The summed E-state index contributed by atoms with van der Waals surface area (Å²) in [6.45, 7) is 3.43. The second-order valence-corrected chi connectivity index (χ2v) is 1.52. The minimum Gasteiger partial charge on any atom is -0.405 e. The third-order valence-electron chi connectivity index (χ3n) is 0.761. The highest BCUT2D eigenvalue weighted by Crippen LogP contribution is 1.93. The monoisotopic (exact) mass is 115 g/mol. The molecular weight excluding hydrogens is 108 g/mol. The van der Waals surface area contributed by atoms with Gasteiger partial charge in [0.2, 0.25) is 0 Å². The van der Waals surface area contributed by atoms with Crippen LogP contribution < -0.4 is 5.73 Å². The molecule has 0 aromatic carbocycles. The molecule has 0 aliphatic rings. The molecule has 0 aromatic heterocycles. The molecule has 3 heteroatoms. The van der Waals surface area contributed by atoms with Gasteiger partial charge in [0, 0.05) is 0 Å². The van der Waals surface area contributed by atoms with Crippen LogP contribution in [0.2, 0.25) is 0 Å². The van der Waals surface area contributed by atoms with Gasteiger partial charge in [0.1, 0.15) is 15.7 Å². The van der Waals surface area contributed by atoms with Gasteiger partial charge in [0.05, 0.1) is 0 Å². The largest absolute Gasteiger partial charge is 0.405 e. The molecule has 0 heterocycles. The Kier molecular flexibility index (Phi) is 3.69. The van der Waals surface area contributed by atoms with Gasteiger partial charge >= 0.3 is 0 Å². The molecule has 0 aliphatic heterocycles. The Morgan fingerprint density at radius 3 is 2.22 bits per heavy atom. The average Bonchev–Trinajstić information content (AvgIpc) is 1.87. The number of rotatable bonds is 2. The summed E-state index contributed by atoms with van der Waals surface area (Å²) < 4.78 is 0. The van der Waals surface area contributed by atoms with Crippen molar-refractivity contribution in [2.24, 2.45) is 5.73 Å². The Balaban J connectivity index is 4.11. The lowest BCUT2D eigenvalue weighted by Gasteiger charge is -1.91. The van der Waals surface area contributed by atoms with E-state index in [1.54, 1.807) is 0 Å². The maximum absolute atomic E-state index is 5.32. The summed E-state index contributed by atoms with van der Waals surface area (Å²) in [5.41, 5.74) is 6.00. The van der Waals surface area contributed by atoms with Crippen molar-refractivity contribution in [3.63, 3.8) is 0 Å². The molecule has 2 N–H and O–H groups in total. The van der Waals surface area contributed by atoms with E-state index in [-0.39, 0.29) is 0 Å². The SMILES string of the molecule is [B]/C(C=C)=C/C([B])=C\N. The summed E-state index contributed by atoms with van der Waals surface area (Å²) >= 11 is 0. The summed E-state index contributed by atoms with van der Waals surface area (Å²) in [6, 6.07) is 0. The van der Waals surface area contributed by atoms with Gasteiger partial charge in [-0.3, -0.25) is 0 Å². The molecule has 0 fully saturated rings. The molecule has 0 amide bonds. The van der Waals surface area contributed by atoms with Crippen LogP contribution in [0, 0.1) is 0 Å². The van der Waals surface area contributed by atoms with E-state index >= 15 is 0 Å². The Morgan fingerprint density at radius 2 is 1.89 bits per heavy atom. The summed E-state index contributed by atoms with van der Waals surface area (Å²) in [4.78, 5) is 0. The van der Waals surface area contributed by atoms with Gasteiger partial charge in [-0.2, -0.15) is 0 Å². The molecule has 0 bridgehead atoms. The topological polar surface area (TPSA) is 26.0 Å². The van der Waals surface area contributed by atoms with Crippen molar-refractivity contribution in [3.05, 3.63) is 35.9 Å². The third kappa shape index (κ3) is 3.71. The van der Waals surface area contributed by atoms with Crippen molar-refractivity contribution in [1.29, 1.82) is 0 Å². The van der Waals surface area contributed by atoms with Crippen LogP contribution in [0.1, 0.15) is 0 Å². The highest BCUT2D eigenvalue weighted by Gasteiger charge is 1.79. The van der Waals surface area contributed by atoms with Crippen LogP contribution in [0.25, 0.3) is 0 Å². The minimum atomic E-state index is 0.437. The van der Waals surface area contributed by atoms with Gasteiger partial charge in [0.15, 0.2) is 0 Å². The summed E-state index contributed by atoms with van der Waals surface area (Å²) in [6.07, 6.45) is 4.31. The van der Waals surface area contributed by atoms with Crippen molar-refractivity contribution in [3.8, 4) is 0 Å². The number of hydrogen-bond donors (Lipinski definition) is 1. The van der Waals surface area contributed by atoms with E-state index in [1.165, 1.54) is 18.4 Å². The lowest BCUT2D eigenvalue weighted by molar-refractivity contribution is 1.57. The average molecular weight is 115 g/mol. The van der Waals surface area contributed by atoms with Crippen LogP contribution >= 0.6 is 0 Å². The zero-order chi connectivity index (χ0) is 7.28. The fraction of sp³-hybridized carbons (Fsp3) is 0. The number of hydrogen-bond acceptors (Lipinski definition) is 1. The second-order valence-electron chi connectivity index (χ2n) is 1.52. The summed E-state index contributed by atoms with van der Waals surface area (Å²) in [5.74, 6) is 0. The first-order valence-corrected chi connectivity index (χ1v) is 2.47. The van der Waals surface area contributed by atoms with E-state index in [0.29, 0.717) is 10.9 Å². The molecule has 9 heavy (non-hydrogen) atoms. The highest BCUT2D eigenvalue weighted by atomic mass is 14.5. The van der Waals surface area contributed by atoms with Crippen molar-refractivity contribution >= 4 is 15.7 Å². The molecule has 0 rings (SSSR count). The normalized spacial score (nSPS) is 13.3. The molecule has 0 spiro atoms. The van der Waals surface area contributed by atoms with Crippen molar-refractivity contribution in [2.45, 2.75) is 0 Å². The Hall–Kier alpha value is -0.850. The van der Waals surface area contributed by atoms with Crippen LogP contribution in [0.5, 0.6) is 0 Å². The first-order valence-electron chi connectivity index (χ1n) is 2.47. The van der Waals surface area contributed by atoms with Gasteiger partial charge in [-0.15, -0.1) is 0 Å². The Labute approximate surface area is 58.1 Å². The fourth-order valence-electron chi connectivity index (χ4n) is 0.299. The summed E-state index contributed by atoms with van der Waals surface area (Å²) in [7, 11) is 10.6. The molecule has 0 unspecified atom stereocenters. The smallest absolute Gasteiger partial charge is 0.115 e. The van der Waals surface area contributed by atoms with Crippen LogP contribution in [-0.2, 0) is 0 Å². The zero-order valence-electron chi connectivity index (χ0n) is 5.17. The Bertz CT molecular complexity index is 158. The first kappa shape index (κ1) is 8.15. The van der Waals surface area contributed by atoms with E-state index in [0.717, 1.165) is 0 Å². The van der Waals surface area contributed by atoms with E-state index < -0.39 is 0 Å². The van der Waals surface area contributed by atoms with Crippen LogP contribution in [-0.4, -0.2) is 15.7 Å². The Morgan fingerprint density at radius 1 is 1.33 bits per heavy atom. The van der Waals surface area contributed by atoms with Gasteiger partial charge in [-0.25, -0.2) is 0 Å². The third-order valence-corrected chi connectivity index (χ3v) is 0.761. The maximum Gasteiger partial charge on any atom is 0.115 e. The molecule has 1 nitrogen and oxygen atoms in total. The van der Waals surface area contributed by atoms with E-state index in [1.807, 2.05) is 0 Å². The zero-order valence-corrected chi connectivity index (χ0v) is 5.17. The van der Waals surface area contributed by atoms with E-state index in [9.17, 15) is 0 Å². The molecule has 4 radical (unpaired) electrons. The lowest BCUT2D eigenvalue weighted by Crippen LogP contribution is -1.86. The van der Waals surface area contributed by atoms with E-state index in [2.05, 4.69) is 6.58 Å². The number of allylic oxidation sites excluding steroid dienone is 4. The van der Waals surface area contributed by atoms with Gasteiger partial charge in [-0.1, -0.05) is 29.7 Å². The molecule has 0 atom stereocenters. The minimum absolute atomic E-state index is 0.437. The number of nitrogens with two attached hydrogens (primary N) is 1. The molecule has 0 aromatic rings. The predicted molar refractivity (Wildman–Crippen MR) is 42.1 cm³/mol. The molecule has 0 saturated carbocycles.